The van der Waals surface area contributed by atoms with Crippen LogP contribution in [0, 0.1) is 23.7 Å². The maximum absolute atomic E-state index is 12.0. The lowest BCUT2D eigenvalue weighted by Crippen LogP contribution is -2.38. The Bertz CT molecular complexity index is 543. The van der Waals surface area contributed by atoms with Crippen molar-refractivity contribution in [1.29, 1.82) is 0 Å². The Balaban J connectivity index is 1.29. The molecule has 21 heavy (non-hydrogen) atoms. The van der Waals surface area contributed by atoms with Gasteiger partial charge in [0.25, 0.3) is 0 Å². The standard InChI is InChI=1S/C17H22N2O2/c20-9-13-4-2-1-3-12(13)8-18-17(21)19-16-14-10-5-6-11(7-10)15(14)16/h1-4,10-11,14-16,20H,5-9H2,(H2,18,19,21). The molecular formula is C17H22N2O2. The fraction of sp³-hybridized carbons (Fsp3) is 0.588. The summed E-state index contributed by atoms with van der Waals surface area (Å²) >= 11 is 0. The number of carbonyl (C=O) groups excluding carboxylic acids is 1. The Morgan fingerprint density at radius 1 is 1.14 bits per heavy atom. The van der Waals surface area contributed by atoms with Gasteiger partial charge < -0.3 is 15.7 Å². The van der Waals surface area contributed by atoms with Crippen LogP contribution in [0.4, 0.5) is 4.79 Å². The molecule has 0 aliphatic heterocycles. The van der Waals surface area contributed by atoms with Gasteiger partial charge in [0.05, 0.1) is 6.61 Å². The third-order valence-corrected chi connectivity index (χ3v) is 5.76. The van der Waals surface area contributed by atoms with E-state index in [2.05, 4.69) is 10.6 Å². The highest BCUT2D eigenvalue weighted by Gasteiger charge is 2.65. The van der Waals surface area contributed by atoms with Gasteiger partial charge >= 0.3 is 6.03 Å². The molecule has 4 heteroatoms. The summed E-state index contributed by atoms with van der Waals surface area (Å²) < 4.78 is 0. The number of hydrogen-bond acceptors (Lipinski definition) is 2. The lowest BCUT2D eigenvalue weighted by atomic mass is 10.0. The van der Waals surface area contributed by atoms with Crippen molar-refractivity contribution >= 4 is 6.03 Å². The largest absolute Gasteiger partial charge is 0.392 e. The fourth-order valence-corrected chi connectivity index (χ4v) is 4.78. The van der Waals surface area contributed by atoms with Gasteiger partial charge in [-0.25, -0.2) is 4.79 Å². The predicted octanol–water partition coefficient (Wildman–Crippen LogP) is 2.02. The molecule has 3 fully saturated rings. The van der Waals surface area contributed by atoms with Gasteiger partial charge in [-0.2, -0.15) is 0 Å². The van der Waals surface area contributed by atoms with Gasteiger partial charge in [-0.3, -0.25) is 0 Å². The second-order valence-electron chi connectivity index (χ2n) is 6.77. The van der Waals surface area contributed by atoms with Crippen LogP contribution in [-0.2, 0) is 13.2 Å². The van der Waals surface area contributed by atoms with Crippen molar-refractivity contribution in [2.75, 3.05) is 0 Å². The average Bonchev–Trinajstić information content (AvgIpc) is 2.90. The first-order valence-corrected chi connectivity index (χ1v) is 8.00. The Morgan fingerprint density at radius 3 is 2.48 bits per heavy atom. The highest BCUT2D eigenvalue weighted by molar-refractivity contribution is 5.75. The van der Waals surface area contributed by atoms with E-state index >= 15 is 0 Å². The quantitative estimate of drug-likeness (QED) is 0.793. The number of aliphatic hydroxyl groups is 1. The van der Waals surface area contributed by atoms with Crippen LogP contribution in [-0.4, -0.2) is 17.2 Å². The molecule has 3 saturated carbocycles. The molecule has 4 rings (SSSR count). The summed E-state index contributed by atoms with van der Waals surface area (Å²) in [6, 6.07) is 8.01. The Hall–Kier alpha value is -1.55. The normalized spacial score (nSPS) is 35.4. The monoisotopic (exact) mass is 286 g/mol. The zero-order valence-corrected chi connectivity index (χ0v) is 12.1. The molecule has 1 aromatic carbocycles. The van der Waals surface area contributed by atoms with Gasteiger partial charge in [-0.15, -0.1) is 0 Å². The maximum Gasteiger partial charge on any atom is 0.315 e. The van der Waals surface area contributed by atoms with Crippen molar-refractivity contribution < 1.29 is 9.90 Å². The summed E-state index contributed by atoms with van der Waals surface area (Å²) in [4.78, 5) is 12.0. The van der Waals surface area contributed by atoms with E-state index in [9.17, 15) is 9.90 Å². The number of benzene rings is 1. The number of hydrogen-bond donors (Lipinski definition) is 3. The minimum Gasteiger partial charge on any atom is -0.392 e. The Labute approximate surface area is 124 Å². The molecule has 3 N–H and O–H groups in total. The zero-order valence-electron chi connectivity index (χ0n) is 12.1. The molecule has 3 aliphatic carbocycles. The lowest BCUT2D eigenvalue weighted by molar-refractivity contribution is 0.237. The van der Waals surface area contributed by atoms with E-state index in [-0.39, 0.29) is 12.6 Å². The fourth-order valence-electron chi connectivity index (χ4n) is 4.78. The minimum atomic E-state index is -0.0680. The van der Waals surface area contributed by atoms with Gasteiger partial charge in [0.15, 0.2) is 0 Å². The number of aliphatic hydroxyl groups excluding tert-OH is 1. The van der Waals surface area contributed by atoms with E-state index in [0.29, 0.717) is 12.6 Å². The molecule has 4 nitrogen and oxygen atoms in total. The van der Waals surface area contributed by atoms with Crippen molar-refractivity contribution in [2.24, 2.45) is 23.7 Å². The topological polar surface area (TPSA) is 61.4 Å². The van der Waals surface area contributed by atoms with Crippen molar-refractivity contribution in [3.8, 4) is 0 Å². The van der Waals surface area contributed by atoms with Crippen LogP contribution >= 0.6 is 0 Å². The lowest BCUT2D eigenvalue weighted by Gasteiger charge is -2.13. The van der Waals surface area contributed by atoms with E-state index in [1.165, 1.54) is 19.3 Å². The highest BCUT2D eigenvalue weighted by Crippen LogP contribution is 2.65. The molecule has 3 aliphatic rings. The molecule has 0 spiro atoms. The number of amides is 2. The van der Waals surface area contributed by atoms with Crippen molar-refractivity contribution in [3.05, 3.63) is 35.4 Å². The summed E-state index contributed by atoms with van der Waals surface area (Å²) in [6.07, 6.45) is 4.14. The van der Waals surface area contributed by atoms with Crippen LogP contribution in [0.5, 0.6) is 0 Å². The third kappa shape index (κ3) is 2.22. The minimum absolute atomic E-state index is 0.00953. The Morgan fingerprint density at radius 2 is 1.81 bits per heavy atom. The summed E-state index contributed by atoms with van der Waals surface area (Å²) in [6.45, 7) is 0.479. The van der Waals surface area contributed by atoms with Crippen molar-refractivity contribution in [3.63, 3.8) is 0 Å². The Kier molecular flexibility index (Phi) is 3.14. The van der Waals surface area contributed by atoms with Crippen LogP contribution in [0.15, 0.2) is 24.3 Å². The van der Waals surface area contributed by atoms with Crippen LogP contribution in [0.3, 0.4) is 0 Å². The summed E-state index contributed by atoms with van der Waals surface area (Å²) in [5, 5.41) is 15.4. The van der Waals surface area contributed by atoms with Gasteiger partial charge in [0.1, 0.15) is 0 Å². The molecule has 2 bridgehead atoms. The first-order chi connectivity index (χ1) is 10.3. The molecule has 4 atom stereocenters. The summed E-state index contributed by atoms with van der Waals surface area (Å²) in [5.74, 6) is 3.28. The van der Waals surface area contributed by atoms with E-state index in [1.54, 1.807) is 0 Å². The smallest absolute Gasteiger partial charge is 0.315 e. The van der Waals surface area contributed by atoms with E-state index in [4.69, 9.17) is 0 Å². The number of urea groups is 1. The first kappa shape index (κ1) is 13.1. The van der Waals surface area contributed by atoms with Gasteiger partial charge in [-0.05, 0) is 54.1 Å². The van der Waals surface area contributed by atoms with Crippen molar-refractivity contribution in [1.82, 2.24) is 10.6 Å². The molecule has 0 saturated heterocycles. The highest BCUT2D eigenvalue weighted by atomic mass is 16.3. The molecule has 0 radical (unpaired) electrons. The maximum atomic E-state index is 12.0. The first-order valence-electron chi connectivity index (χ1n) is 8.00. The molecule has 4 unspecified atom stereocenters. The third-order valence-electron chi connectivity index (χ3n) is 5.76. The van der Waals surface area contributed by atoms with Gasteiger partial charge in [-0.1, -0.05) is 24.3 Å². The van der Waals surface area contributed by atoms with Gasteiger partial charge in [0, 0.05) is 12.6 Å². The van der Waals surface area contributed by atoms with Crippen LogP contribution in [0.25, 0.3) is 0 Å². The second kappa shape index (κ2) is 5.02. The van der Waals surface area contributed by atoms with E-state index in [0.717, 1.165) is 34.8 Å². The average molecular weight is 286 g/mol. The molecule has 0 aromatic heterocycles. The molecule has 112 valence electrons. The van der Waals surface area contributed by atoms with E-state index in [1.807, 2.05) is 24.3 Å². The SMILES string of the molecule is O=C(NCc1ccccc1CO)NC1C2C3CCC(C3)C12. The summed E-state index contributed by atoms with van der Waals surface area (Å²) in [7, 11) is 0. The van der Waals surface area contributed by atoms with Crippen molar-refractivity contribution in [2.45, 2.75) is 38.5 Å². The molecular weight excluding hydrogens is 264 g/mol. The molecule has 0 heterocycles. The number of fused-ring (bicyclic) bond motifs is 5. The summed E-state index contributed by atoms with van der Waals surface area (Å²) in [5.41, 5.74) is 1.85. The predicted molar refractivity (Wildman–Crippen MR) is 79.3 cm³/mol. The van der Waals surface area contributed by atoms with Crippen LogP contribution in [0.1, 0.15) is 30.4 Å². The molecule has 1 aromatic rings. The van der Waals surface area contributed by atoms with E-state index < -0.39 is 0 Å². The molecule has 2 amide bonds. The number of nitrogens with one attached hydrogen (secondary N) is 2. The number of carbonyl (C=O) groups is 1. The van der Waals surface area contributed by atoms with Crippen LogP contribution < -0.4 is 10.6 Å². The van der Waals surface area contributed by atoms with Gasteiger partial charge in [0.2, 0.25) is 0 Å². The van der Waals surface area contributed by atoms with Crippen LogP contribution in [0.2, 0.25) is 0 Å². The zero-order chi connectivity index (χ0) is 14.4. The second-order valence-corrected chi connectivity index (χ2v) is 6.77. The number of rotatable bonds is 4.